The summed E-state index contributed by atoms with van der Waals surface area (Å²) in [5.74, 6) is -0.811. The van der Waals surface area contributed by atoms with Crippen LogP contribution in [0.15, 0.2) is 42.6 Å². The molecule has 1 aromatic heterocycles. The average Bonchev–Trinajstić information content (AvgIpc) is 2.94. The van der Waals surface area contributed by atoms with Crippen molar-refractivity contribution in [2.45, 2.75) is 26.9 Å². The predicted molar refractivity (Wildman–Crippen MR) is 106 cm³/mol. The number of anilines is 1. The molecule has 0 amide bonds. The summed E-state index contributed by atoms with van der Waals surface area (Å²) in [4.78, 5) is 13.4. The molecule has 1 aliphatic rings. The number of hydrogen-bond donors (Lipinski definition) is 1. The Balaban J connectivity index is 1.75. The van der Waals surface area contributed by atoms with Crippen LogP contribution >= 0.6 is 0 Å². The van der Waals surface area contributed by atoms with Gasteiger partial charge in [-0.05, 0) is 68.3 Å². The zero-order valence-electron chi connectivity index (χ0n) is 16.3. The molecular formula is C22H21F3N2O2. The van der Waals surface area contributed by atoms with Crippen LogP contribution in [0.25, 0.3) is 16.6 Å². The van der Waals surface area contributed by atoms with Crippen molar-refractivity contribution in [3.63, 3.8) is 0 Å². The molecule has 0 spiro atoms. The van der Waals surface area contributed by atoms with Gasteiger partial charge >= 0.3 is 12.1 Å². The minimum absolute atomic E-state index is 0.422. The standard InChI is InChI=1S/C22H21F3N2O2/c1-13-6-16(26-11-21(3,12-26)20(28)29)9-17(7-13)27-10-14(2)18-8-15(22(23,24)25)4-5-19(18)27/h4-10H,11-12H2,1-3H3,(H,28,29). The summed E-state index contributed by atoms with van der Waals surface area (Å²) in [6.45, 7) is 6.31. The van der Waals surface area contributed by atoms with Crippen LogP contribution in [0, 0.1) is 19.3 Å². The first kappa shape index (κ1) is 19.4. The first-order valence-electron chi connectivity index (χ1n) is 9.27. The van der Waals surface area contributed by atoms with Crippen LogP contribution < -0.4 is 4.90 Å². The Bertz CT molecular complexity index is 1130. The lowest BCUT2D eigenvalue weighted by Gasteiger charge is -2.46. The second-order valence-corrected chi connectivity index (χ2v) is 8.16. The summed E-state index contributed by atoms with van der Waals surface area (Å²) in [7, 11) is 0. The van der Waals surface area contributed by atoms with Gasteiger partial charge in [-0.2, -0.15) is 13.2 Å². The maximum atomic E-state index is 13.1. The molecule has 1 fully saturated rings. The lowest BCUT2D eigenvalue weighted by molar-refractivity contribution is -0.149. The van der Waals surface area contributed by atoms with Gasteiger partial charge in [0.15, 0.2) is 0 Å². The first-order valence-corrected chi connectivity index (χ1v) is 9.27. The fourth-order valence-electron chi connectivity index (χ4n) is 3.96. The molecule has 3 aromatic rings. The summed E-state index contributed by atoms with van der Waals surface area (Å²) >= 11 is 0. The Hall–Kier alpha value is -2.96. The Labute approximate surface area is 166 Å². The van der Waals surface area contributed by atoms with E-state index in [1.165, 1.54) is 12.1 Å². The largest absolute Gasteiger partial charge is 0.481 e. The van der Waals surface area contributed by atoms with E-state index in [4.69, 9.17) is 0 Å². The molecule has 4 rings (SSSR count). The number of carboxylic acid groups (broad SMARTS) is 1. The Kier molecular flexibility index (Phi) is 4.19. The van der Waals surface area contributed by atoms with Crippen LogP contribution in [0.3, 0.4) is 0 Å². The Morgan fingerprint density at radius 2 is 1.72 bits per heavy atom. The molecule has 7 heteroatoms. The van der Waals surface area contributed by atoms with E-state index >= 15 is 0 Å². The molecule has 2 heterocycles. The van der Waals surface area contributed by atoms with Crippen LogP contribution in [0.5, 0.6) is 0 Å². The maximum Gasteiger partial charge on any atom is 0.416 e. The van der Waals surface area contributed by atoms with Crippen molar-refractivity contribution in [2.24, 2.45) is 5.41 Å². The minimum Gasteiger partial charge on any atom is -0.481 e. The predicted octanol–water partition coefficient (Wildman–Crippen LogP) is 5.18. The number of halogens is 3. The number of carbonyl (C=O) groups is 1. The summed E-state index contributed by atoms with van der Waals surface area (Å²) < 4.78 is 41.1. The van der Waals surface area contributed by atoms with Crippen LogP contribution in [0.4, 0.5) is 18.9 Å². The molecule has 1 aliphatic heterocycles. The van der Waals surface area contributed by atoms with Crippen molar-refractivity contribution in [1.82, 2.24) is 4.57 Å². The maximum absolute atomic E-state index is 13.1. The molecule has 0 radical (unpaired) electrons. The third-order valence-electron chi connectivity index (χ3n) is 5.62. The van der Waals surface area contributed by atoms with E-state index < -0.39 is 23.1 Å². The van der Waals surface area contributed by atoms with E-state index in [2.05, 4.69) is 0 Å². The number of benzene rings is 2. The molecule has 1 N–H and O–H groups in total. The number of fused-ring (bicyclic) bond motifs is 1. The van der Waals surface area contributed by atoms with Gasteiger partial charge in [-0.25, -0.2) is 0 Å². The van der Waals surface area contributed by atoms with Crippen molar-refractivity contribution in [2.75, 3.05) is 18.0 Å². The monoisotopic (exact) mass is 402 g/mol. The first-order chi connectivity index (χ1) is 13.5. The molecule has 1 saturated heterocycles. The summed E-state index contributed by atoms with van der Waals surface area (Å²) in [6, 6.07) is 9.69. The fourth-order valence-corrected chi connectivity index (χ4v) is 3.96. The molecule has 0 saturated carbocycles. The zero-order valence-corrected chi connectivity index (χ0v) is 16.3. The molecule has 4 nitrogen and oxygen atoms in total. The topological polar surface area (TPSA) is 45.5 Å². The molecule has 152 valence electrons. The van der Waals surface area contributed by atoms with Crippen LogP contribution in [-0.2, 0) is 11.0 Å². The Morgan fingerprint density at radius 3 is 2.34 bits per heavy atom. The molecule has 0 atom stereocenters. The quantitative estimate of drug-likeness (QED) is 0.657. The van der Waals surface area contributed by atoms with Crippen LogP contribution in [-0.4, -0.2) is 28.7 Å². The van der Waals surface area contributed by atoms with Gasteiger partial charge in [0.25, 0.3) is 0 Å². The average molecular weight is 402 g/mol. The Morgan fingerprint density at radius 1 is 1.07 bits per heavy atom. The second-order valence-electron chi connectivity index (χ2n) is 8.16. The van der Waals surface area contributed by atoms with Gasteiger partial charge in [0.2, 0.25) is 0 Å². The van der Waals surface area contributed by atoms with E-state index in [0.29, 0.717) is 24.0 Å². The zero-order chi connectivity index (χ0) is 21.1. The number of alkyl halides is 3. The number of aryl methyl sites for hydroxylation is 2. The highest BCUT2D eigenvalue weighted by atomic mass is 19.4. The third-order valence-corrected chi connectivity index (χ3v) is 5.62. The number of nitrogens with zero attached hydrogens (tertiary/aromatic N) is 2. The normalized spacial score (nSPS) is 16.1. The van der Waals surface area contributed by atoms with E-state index in [0.717, 1.165) is 28.6 Å². The van der Waals surface area contributed by atoms with Crippen LogP contribution in [0.1, 0.15) is 23.6 Å². The van der Waals surface area contributed by atoms with Crippen LogP contribution in [0.2, 0.25) is 0 Å². The smallest absolute Gasteiger partial charge is 0.416 e. The van der Waals surface area contributed by atoms with Crippen molar-refractivity contribution < 1.29 is 23.1 Å². The van der Waals surface area contributed by atoms with Gasteiger partial charge in [0, 0.05) is 36.0 Å². The van der Waals surface area contributed by atoms with Gasteiger partial charge in [-0.3, -0.25) is 4.79 Å². The number of rotatable bonds is 3. The van der Waals surface area contributed by atoms with E-state index in [-0.39, 0.29) is 0 Å². The van der Waals surface area contributed by atoms with Crippen molar-refractivity contribution >= 4 is 22.6 Å². The van der Waals surface area contributed by atoms with Gasteiger partial charge < -0.3 is 14.6 Å². The van der Waals surface area contributed by atoms with Crippen molar-refractivity contribution in [3.8, 4) is 5.69 Å². The lowest BCUT2D eigenvalue weighted by atomic mass is 9.81. The highest BCUT2D eigenvalue weighted by Crippen LogP contribution is 2.37. The number of aromatic nitrogens is 1. The van der Waals surface area contributed by atoms with Crippen molar-refractivity contribution in [1.29, 1.82) is 0 Å². The van der Waals surface area contributed by atoms with E-state index in [1.807, 2.05) is 40.8 Å². The number of carboxylic acids is 1. The summed E-state index contributed by atoms with van der Waals surface area (Å²) in [6.07, 6.45) is -2.55. The summed E-state index contributed by atoms with van der Waals surface area (Å²) in [5, 5.41) is 9.89. The molecular weight excluding hydrogens is 381 g/mol. The van der Waals surface area contributed by atoms with Gasteiger partial charge in [-0.1, -0.05) is 0 Å². The molecule has 0 bridgehead atoms. The highest BCUT2D eigenvalue weighted by molar-refractivity contribution is 5.86. The second kappa shape index (κ2) is 6.27. The molecule has 0 unspecified atom stereocenters. The van der Waals surface area contributed by atoms with Crippen molar-refractivity contribution in [3.05, 3.63) is 59.3 Å². The molecule has 0 aliphatic carbocycles. The minimum atomic E-state index is -4.38. The fraction of sp³-hybridized carbons (Fsp3) is 0.318. The van der Waals surface area contributed by atoms with E-state index in [1.54, 1.807) is 13.8 Å². The van der Waals surface area contributed by atoms with Gasteiger partial charge in [0.1, 0.15) is 0 Å². The number of aliphatic carboxylic acids is 1. The highest BCUT2D eigenvalue weighted by Gasteiger charge is 2.45. The third kappa shape index (κ3) is 3.24. The van der Waals surface area contributed by atoms with Gasteiger partial charge in [-0.15, -0.1) is 0 Å². The number of hydrogen-bond acceptors (Lipinski definition) is 2. The van der Waals surface area contributed by atoms with Gasteiger partial charge in [0.05, 0.1) is 16.5 Å². The molecule has 29 heavy (non-hydrogen) atoms. The lowest BCUT2D eigenvalue weighted by Crippen LogP contribution is -2.59. The summed E-state index contributed by atoms with van der Waals surface area (Å²) in [5.41, 5.74) is 2.78. The molecule has 2 aromatic carbocycles. The SMILES string of the molecule is Cc1cc(N2CC(C)(C(=O)O)C2)cc(-n2cc(C)c3cc(C(F)(F)F)ccc32)c1. The van der Waals surface area contributed by atoms with E-state index in [9.17, 15) is 23.1 Å².